The largest absolute Gasteiger partial charge is 0.333 e. The lowest BCUT2D eigenvalue weighted by atomic mass is 10.2. The minimum atomic E-state index is -3.97. The van der Waals surface area contributed by atoms with Crippen LogP contribution in [-0.4, -0.2) is 21.6 Å². The lowest BCUT2D eigenvalue weighted by Gasteiger charge is -2.26. The Balaban J connectivity index is 2.38. The Morgan fingerprint density at radius 1 is 0.923 bits per heavy atom. The van der Waals surface area contributed by atoms with Gasteiger partial charge in [0.05, 0.1) is 18.1 Å². The molecule has 0 amide bonds. The maximum atomic E-state index is 13.3. The first-order chi connectivity index (χ1) is 12.4. The Morgan fingerprint density at radius 3 is 1.85 bits per heavy atom. The minimum absolute atomic E-state index is 0.0889. The van der Waals surface area contributed by atoms with Crippen LogP contribution in [-0.2, 0) is 19.1 Å². The van der Waals surface area contributed by atoms with Crippen molar-refractivity contribution in [2.45, 2.75) is 24.5 Å². The van der Waals surface area contributed by atoms with Crippen LogP contribution in [0.2, 0.25) is 0 Å². The highest BCUT2D eigenvalue weighted by Crippen LogP contribution is 2.51. The Bertz CT molecular complexity index is 795. The first-order valence-electron chi connectivity index (χ1n) is 7.95. The van der Waals surface area contributed by atoms with Crippen LogP contribution in [0.5, 0.6) is 0 Å². The summed E-state index contributed by atoms with van der Waals surface area (Å²) in [4.78, 5) is -0.0889. The summed E-state index contributed by atoms with van der Waals surface area (Å²) < 4.78 is 65.5. The zero-order valence-corrected chi connectivity index (χ0v) is 16.1. The van der Waals surface area contributed by atoms with Crippen molar-refractivity contribution in [1.82, 2.24) is 4.72 Å². The molecular weight excluding hydrogens is 383 g/mol. The normalized spacial score (nSPS) is 13.1. The van der Waals surface area contributed by atoms with Crippen molar-refractivity contribution in [3.8, 4) is 0 Å². The van der Waals surface area contributed by atoms with Gasteiger partial charge in [0.25, 0.3) is 0 Å². The molecule has 0 saturated heterocycles. The first kappa shape index (κ1) is 20.9. The monoisotopic (exact) mass is 403 g/mol. The van der Waals surface area contributed by atoms with Gasteiger partial charge in [-0.1, -0.05) is 12.1 Å². The van der Waals surface area contributed by atoms with Crippen molar-refractivity contribution in [2.75, 3.05) is 13.2 Å². The van der Waals surface area contributed by atoms with E-state index in [2.05, 4.69) is 4.72 Å². The minimum Gasteiger partial charge on any atom is -0.333 e. The summed E-state index contributed by atoms with van der Waals surface area (Å²) in [6.45, 7) is 4.18. The molecule has 0 radical (unpaired) electrons. The summed E-state index contributed by atoms with van der Waals surface area (Å²) in [6.07, 6.45) is 0. The highest BCUT2D eigenvalue weighted by molar-refractivity contribution is 7.89. The molecule has 0 aromatic heterocycles. The van der Waals surface area contributed by atoms with Crippen molar-refractivity contribution in [3.05, 3.63) is 65.7 Å². The van der Waals surface area contributed by atoms with Crippen LogP contribution >= 0.6 is 8.38 Å². The highest BCUT2D eigenvalue weighted by Gasteiger charge is 2.30. The van der Waals surface area contributed by atoms with E-state index in [-0.39, 0.29) is 4.90 Å². The van der Waals surface area contributed by atoms with Gasteiger partial charge >= 0.3 is 0 Å². The molecule has 5 nitrogen and oxygen atoms in total. The molecule has 0 aliphatic heterocycles. The fourth-order valence-electron chi connectivity index (χ4n) is 2.15. The molecule has 0 heterocycles. The van der Waals surface area contributed by atoms with E-state index in [4.69, 9.17) is 9.05 Å². The molecule has 0 spiro atoms. The zero-order chi connectivity index (χ0) is 19.2. The van der Waals surface area contributed by atoms with Gasteiger partial charge in [-0.2, -0.15) is 4.72 Å². The SMILES string of the molecule is CCOP(OCC)C(NS(=O)(=O)c1ccc(F)cc1)c1ccc(F)cc1. The number of halogens is 2. The molecule has 0 saturated carbocycles. The van der Waals surface area contributed by atoms with Gasteiger partial charge in [-0.3, -0.25) is 0 Å². The summed E-state index contributed by atoms with van der Waals surface area (Å²) in [7, 11) is -5.63. The maximum absolute atomic E-state index is 13.3. The predicted octanol–water partition coefficient (Wildman–Crippen LogP) is 4.33. The number of hydrogen-bond acceptors (Lipinski definition) is 4. The van der Waals surface area contributed by atoms with E-state index in [0.717, 1.165) is 12.1 Å². The van der Waals surface area contributed by atoms with Crippen molar-refractivity contribution >= 4 is 18.4 Å². The fraction of sp³-hybridized carbons (Fsp3) is 0.294. The lowest BCUT2D eigenvalue weighted by Crippen LogP contribution is -2.28. The molecular formula is C17H20F2NO4PS. The van der Waals surface area contributed by atoms with Crippen molar-refractivity contribution in [1.29, 1.82) is 0 Å². The maximum Gasteiger partial charge on any atom is 0.241 e. The summed E-state index contributed by atoms with van der Waals surface area (Å²) in [5, 5.41) is 0. The first-order valence-corrected chi connectivity index (χ1v) is 10.7. The van der Waals surface area contributed by atoms with E-state index in [1.807, 2.05) is 0 Å². The highest BCUT2D eigenvalue weighted by atomic mass is 32.2. The summed E-state index contributed by atoms with van der Waals surface area (Å²) in [5.41, 5.74) is 0.505. The summed E-state index contributed by atoms with van der Waals surface area (Å²) in [6, 6.07) is 9.89. The molecule has 1 N–H and O–H groups in total. The van der Waals surface area contributed by atoms with Gasteiger partial charge < -0.3 is 9.05 Å². The molecule has 0 fully saturated rings. The van der Waals surface area contributed by atoms with Gasteiger partial charge in [-0.15, -0.1) is 0 Å². The average Bonchev–Trinajstić information content (AvgIpc) is 2.61. The number of nitrogens with one attached hydrogen (secondary N) is 1. The van der Waals surface area contributed by atoms with Crippen LogP contribution in [0.15, 0.2) is 53.4 Å². The molecule has 0 bridgehead atoms. The third-order valence-corrected chi connectivity index (χ3v) is 6.79. The van der Waals surface area contributed by atoms with Gasteiger partial charge in [-0.25, -0.2) is 17.2 Å². The van der Waals surface area contributed by atoms with Gasteiger partial charge in [0.1, 0.15) is 17.4 Å². The van der Waals surface area contributed by atoms with E-state index in [1.165, 1.54) is 36.4 Å². The topological polar surface area (TPSA) is 64.6 Å². The molecule has 1 atom stereocenters. The molecule has 2 aromatic carbocycles. The average molecular weight is 403 g/mol. The van der Waals surface area contributed by atoms with Crippen LogP contribution in [0.4, 0.5) is 8.78 Å². The third kappa shape index (κ3) is 5.53. The summed E-state index contributed by atoms with van der Waals surface area (Å²) >= 11 is 0. The smallest absolute Gasteiger partial charge is 0.241 e. The Morgan fingerprint density at radius 2 is 1.38 bits per heavy atom. The Hall–Kier alpha value is -1.44. The molecule has 26 heavy (non-hydrogen) atoms. The summed E-state index contributed by atoms with van der Waals surface area (Å²) in [5.74, 6) is -1.82. The molecule has 0 aliphatic rings. The Kier molecular flexibility index (Phi) is 7.61. The molecule has 0 aliphatic carbocycles. The van der Waals surface area contributed by atoms with Gasteiger partial charge in [0.2, 0.25) is 10.0 Å². The number of rotatable bonds is 9. The second-order valence-corrected chi connectivity index (χ2v) is 8.47. The van der Waals surface area contributed by atoms with Gasteiger partial charge in [0, 0.05) is 0 Å². The van der Waals surface area contributed by atoms with Gasteiger partial charge in [-0.05, 0) is 55.8 Å². The van der Waals surface area contributed by atoms with E-state index in [9.17, 15) is 17.2 Å². The molecule has 1 unspecified atom stereocenters. The van der Waals surface area contributed by atoms with E-state index in [0.29, 0.717) is 18.8 Å². The number of sulfonamides is 1. The molecule has 2 rings (SSSR count). The lowest BCUT2D eigenvalue weighted by molar-refractivity contribution is 0.260. The second-order valence-electron chi connectivity index (χ2n) is 5.15. The van der Waals surface area contributed by atoms with Crippen LogP contribution in [0.25, 0.3) is 0 Å². The standard InChI is InChI=1S/C17H20F2NO4PS/c1-3-23-25(24-4-2)17(13-5-7-14(18)8-6-13)20-26(21,22)16-11-9-15(19)10-12-16/h5-12,17,20H,3-4H2,1-2H3. The third-order valence-electron chi connectivity index (χ3n) is 3.30. The van der Waals surface area contributed by atoms with Crippen molar-refractivity contribution in [3.63, 3.8) is 0 Å². The van der Waals surface area contributed by atoms with Gasteiger partial charge in [0.15, 0.2) is 8.38 Å². The molecule has 9 heteroatoms. The quantitative estimate of drug-likeness (QED) is 0.633. The zero-order valence-electron chi connectivity index (χ0n) is 14.4. The fourth-order valence-corrected chi connectivity index (χ4v) is 5.27. The van der Waals surface area contributed by atoms with E-state index in [1.54, 1.807) is 13.8 Å². The van der Waals surface area contributed by atoms with Crippen LogP contribution in [0.3, 0.4) is 0 Å². The number of benzene rings is 2. The number of hydrogen-bond donors (Lipinski definition) is 1. The second kappa shape index (κ2) is 9.48. The predicted molar refractivity (Wildman–Crippen MR) is 96.0 cm³/mol. The van der Waals surface area contributed by atoms with E-state index >= 15 is 0 Å². The van der Waals surface area contributed by atoms with Crippen LogP contribution in [0.1, 0.15) is 25.2 Å². The van der Waals surface area contributed by atoms with Crippen LogP contribution < -0.4 is 4.72 Å². The molecule has 142 valence electrons. The Labute approximate surface area is 153 Å². The van der Waals surface area contributed by atoms with E-state index < -0.39 is 35.8 Å². The molecule has 2 aromatic rings. The van der Waals surface area contributed by atoms with Crippen LogP contribution in [0, 0.1) is 11.6 Å². The van der Waals surface area contributed by atoms with Crippen molar-refractivity contribution < 1.29 is 26.2 Å². The van der Waals surface area contributed by atoms with Crippen molar-refractivity contribution in [2.24, 2.45) is 0 Å².